The van der Waals surface area contributed by atoms with Crippen LogP contribution in [0.3, 0.4) is 0 Å². The van der Waals surface area contributed by atoms with Crippen molar-refractivity contribution in [2.24, 2.45) is 0 Å². The number of aryl methyl sites for hydroxylation is 1. The molecule has 0 bridgehead atoms. The van der Waals surface area contributed by atoms with Crippen molar-refractivity contribution in [3.63, 3.8) is 0 Å². The van der Waals surface area contributed by atoms with Crippen molar-refractivity contribution >= 4 is 29.0 Å². The topological polar surface area (TPSA) is 81.8 Å². The molecular weight excluding hydrogens is 262 g/mol. The number of aromatic nitrogens is 2. The molecule has 0 aliphatic heterocycles. The van der Waals surface area contributed by atoms with Gasteiger partial charge in [0.1, 0.15) is 0 Å². The van der Waals surface area contributed by atoms with Crippen LogP contribution in [0.5, 0.6) is 0 Å². The van der Waals surface area contributed by atoms with Crippen molar-refractivity contribution in [3.05, 3.63) is 52.4 Å². The lowest BCUT2D eigenvalue weighted by atomic mass is 10.3. The number of aromatic amines is 1. The number of para-hydroxylation sites is 1. The highest BCUT2D eigenvalue weighted by atomic mass is 32.1. The number of benzene rings is 1. The maximum Gasteiger partial charge on any atom is 0.252 e. The molecule has 0 saturated carbocycles. The second kappa shape index (κ2) is 5.96. The zero-order valence-corrected chi connectivity index (χ0v) is 11.0. The van der Waals surface area contributed by atoms with Crippen molar-refractivity contribution < 1.29 is 0 Å². The molecule has 0 fully saturated rings. The molecule has 0 atom stereocenters. The Morgan fingerprint density at radius 3 is 2.74 bits per heavy atom. The first-order chi connectivity index (χ1) is 9.13. The van der Waals surface area contributed by atoms with E-state index in [2.05, 4.69) is 26.1 Å². The SMILES string of the molecule is Cc1cc(=O)[nH]c(NNC(=S)Nc2ccccc2)n1. The predicted molar refractivity (Wildman–Crippen MR) is 79.0 cm³/mol. The van der Waals surface area contributed by atoms with Gasteiger partial charge in [0.2, 0.25) is 5.95 Å². The molecule has 1 aromatic heterocycles. The second-order valence-corrected chi connectivity index (χ2v) is 4.21. The number of nitrogens with zero attached hydrogens (tertiary/aromatic N) is 1. The van der Waals surface area contributed by atoms with E-state index in [0.717, 1.165) is 5.69 Å². The van der Waals surface area contributed by atoms with E-state index in [1.807, 2.05) is 30.3 Å². The van der Waals surface area contributed by atoms with E-state index in [0.29, 0.717) is 16.8 Å². The van der Waals surface area contributed by atoms with Gasteiger partial charge in [-0.15, -0.1) is 0 Å². The van der Waals surface area contributed by atoms with Crippen molar-refractivity contribution in [2.45, 2.75) is 6.92 Å². The minimum atomic E-state index is -0.223. The van der Waals surface area contributed by atoms with Crippen LogP contribution >= 0.6 is 12.2 Å². The first kappa shape index (κ1) is 13.0. The zero-order valence-electron chi connectivity index (χ0n) is 10.2. The molecule has 6 nitrogen and oxygen atoms in total. The van der Waals surface area contributed by atoms with Crippen LogP contribution < -0.4 is 21.7 Å². The van der Waals surface area contributed by atoms with Gasteiger partial charge >= 0.3 is 0 Å². The molecular formula is C12H13N5OS. The van der Waals surface area contributed by atoms with Gasteiger partial charge in [-0.1, -0.05) is 18.2 Å². The summed E-state index contributed by atoms with van der Waals surface area (Å²) in [5.74, 6) is 0.308. The quantitative estimate of drug-likeness (QED) is 0.500. The molecule has 2 rings (SSSR count). The van der Waals surface area contributed by atoms with Crippen LogP contribution in [0.15, 0.2) is 41.2 Å². The van der Waals surface area contributed by atoms with Crippen LogP contribution in [0, 0.1) is 6.92 Å². The number of H-pyrrole nitrogens is 1. The van der Waals surface area contributed by atoms with E-state index in [1.165, 1.54) is 6.07 Å². The molecule has 2 aromatic rings. The van der Waals surface area contributed by atoms with Crippen LogP contribution in [0.2, 0.25) is 0 Å². The molecule has 0 radical (unpaired) electrons. The van der Waals surface area contributed by atoms with Crippen LogP contribution in [0.1, 0.15) is 5.69 Å². The van der Waals surface area contributed by atoms with Gasteiger partial charge in [0, 0.05) is 17.4 Å². The highest BCUT2D eigenvalue weighted by Crippen LogP contribution is 2.04. The number of hydrogen-bond acceptors (Lipinski definition) is 4. The zero-order chi connectivity index (χ0) is 13.7. The van der Waals surface area contributed by atoms with Crippen molar-refractivity contribution in [1.82, 2.24) is 15.4 Å². The van der Waals surface area contributed by atoms with Gasteiger partial charge in [-0.05, 0) is 31.3 Å². The minimum Gasteiger partial charge on any atom is -0.331 e. The summed E-state index contributed by atoms with van der Waals surface area (Å²) in [7, 11) is 0. The van der Waals surface area contributed by atoms with Crippen LogP contribution in [-0.4, -0.2) is 15.1 Å². The van der Waals surface area contributed by atoms with Gasteiger partial charge < -0.3 is 5.32 Å². The van der Waals surface area contributed by atoms with E-state index in [1.54, 1.807) is 6.92 Å². The van der Waals surface area contributed by atoms with E-state index >= 15 is 0 Å². The van der Waals surface area contributed by atoms with Gasteiger partial charge in [0.25, 0.3) is 5.56 Å². The van der Waals surface area contributed by atoms with Gasteiger partial charge in [0.15, 0.2) is 5.11 Å². The molecule has 0 amide bonds. The third kappa shape index (κ3) is 4.07. The molecule has 7 heteroatoms. The minimum absolute atomic E-state index is 0.223. The van der Waals surface area contributed by atoms with E-state index in [9.17, 15) is 4.79 Å². The summed E-state index contributed by atoms with van der Waals surface area (Å²) in [6, 6.07) is 10.9. The number of anilines is 2. The molecule has 0 spiro atoms. The highest BCUT2D eigenvalue weighted by Gasteiger charge is 1.99. The smallest absolute Gasteiger partial charge is 0.252 e. The molecule has 0 aliphatic carbocycles. The lowest BCUT2D eigenvalue weighted by molar-refractivity contribution is 0.996. The Bertz CT molecular complexity index is 626. The second-order valence-electron chi connectivity index (χ2n) is 3.81. The Morgan fingerprint density at radius 2 is 2.05 bits per heavy atom. The lowest BCUT2D eigenvalue weighted by Gasteiger charge is -2.11. The van der Waals surface area contributed by atoms with E-state index in [-0.39, 0.29) is 5.56 Å². The third-order valence-electron chi connectivity index (χ3n) is 2.20. The summed E-state index contributed by atoms with van der Waals surface area (Å²) in [6.45, 7) is 1.74. The number of hydrogen-bond donors (Lipinski definition) is 4. The lowest BCUT2D eigenvalue weighted by Crippen LogP contribution is -2.34. The molecule has 98 valence electrons. The Hall–Kier alpha value is -2.41. The monoisotopic (exact) mass is 275 g/mol. The molecule has 0 saturated heterocycles. The number of thiocarbonyl (C=S) groups is 1. The maximum atomic E-state index is 11.2. The normalized spacial score (nSPS) is 9.74. The van der Waals surface area contributed by atoms with E-state index < -0.39 is 0 Å². The molecule has 19 heavy (non-hydrogen) atoms. The Balaban J connectivity index is 1.92. The van der Waals surface area contributed by atoms with Crippen LogP contribution in [0.4, 0.5) is 11.6 Å². The molecule has 0 unspecified atom stereocenters. The summed E-state index contributed by atoms with van der Waals surface area (Å²) in [5, 5.41) is 3.35. The number of hydrazine groups is 1. The average molecular weight is 275 g/mol. The van der Waals surface area contributed by atoms with Crippen molar-refractivity contribution in [2.75, 3.05) is 10.7 Å². The fourth-order valence-electron chi connectivity index (χ4n) is 1.44. The molecule has 0 aliphatic rings. The summed E-state index contributed by atoms with van der Waals surface area (Å²) in [4.78, 5) is 17.9. The average Bonchev–Trinajstić information content (AvgIpc) is 2.36. The van der Waals surface area contributed by atoms with Gasteiger partial charge in [-0.25, -0.2) is 4.98 Å². The first-order valence-electron chi connectivity index (χ1n) is 5.59. The van der Waals surface area contributed by atoms with E-state index in [4.69, 9.17) is 12.2 Å². The molecule has 1 aromatic carbocycles. The Kier molecular flexibility index (Phi) is 4.09. The standard InChI is InChI=1S/C12H13N5OS/c1-8-7-10(18)15-11(13-8)16-17-12(19)14-9-5-3-2-4-6-9/h2-7H,1H3,(H2,14,17,19)(H2,13,15,16,18). The number of rotatable bonds is 3. The predicted octanol–water partition coefficient (Wildman–Crippen LogP) is 1.39. The fourth-order valence-corrected chi connectivity index (χ4v) is 1.61. The highest BCUT2D eigenvalue weighted by molar-refractivity contribution is 7.80. The van der Waals surface area contributed by atoms with Gasteiger partial charge in [-0.3, -0.25) is 20.6 Å². The van der Waals surface area contributed by atoms with Crippen molar-refractivity contribution in [1.29, 1.82) is 0 Å². The molecule has 1 heterocycles. The fraction of sp³-hybridized carbons (Fsp3) is 0.0833. The maximum absolute atomic E-state index is 11.2. The number of nitrogens with one attached hydrogen (secondary N) is 4. The largest absolute Gasteiger partial charge is 0.331 e. The van der Waals surface area contributed by atoms with Crippen molar-refractivity contribution in [3.8, 4) is 0 Å². The van der Waals surface area contributed by atoms with Gasteiger partial charge in [0.05, 0.1) is 0 Å². The summed E-state index contributed by atoms with van der Waals surface area (Å²) < 4.78 is 0. The Labute approximate surface area is 115 Å². The van der Waals surface area contributed by atoms with Gasteiger partial charge in [-0.2, -0.15) is 0 Å². The summed E-state index contributed by atoms with van der Waals surface area (Å²) in [6.07, 6.45) is 0. The summed E-state index contributed by atoms with van der Waals surface area (Å²) in [5.41, 5.74) is 6.73. The Morgan fingerprint density at radius 1 is 1.32 bits per heavy atom. The third-order valence-corrected chi connectivity index (χ3v) is 2.40. The van der Waals surface area contributed by atoms with Crippen LogP contribution in [-0.2, 0) is 0 Å². The molecule has 4 N–H and O–H groups in total. The summed E-state index contributed by atoms with van der Waals surface area (Å²) >= 11 is 5.10. The van der Waals surface area contributed by atoms with Crippen LogP contribution in [0.25, 0.3) is 0 Å². The first-order valence-corrected chi connectivity index (χ1v) is 6.00.